The average molecular weight is 485 g/mol. The van der Waals surface area contributed by atoms with Crippen LogP contribution in [-0.4, -0.2) is 50.3 Å². The molecule has 11 heteroatoms. The topological polar surface area (TPSA) is 93.6 Å². The number of piperidine rings is 1. The van der Waals surface area contributed by atoms with Crippen molar-refractivity contribution < 1.29 is 27.8 Å². The Balaban J connectivity index is 0.00000306. The molecule has 0 spiro atoms. The zero-order valence-corrected chi connectivity index (χ0v) is 18.4. The number of likely N-dealkylation sites (tertiary alicyclic amines) is 1. The molecule has 1 aliphatic heterocycles. The Morgan fingerprint density at radius 2 is 2.06 bits per heavy atom. The number of rotatable bonds is 5. The monoisotopic (exact) mass is 484 g/mol. The highest BCUT2D eigenvalue weighted by atomic mass is 35.5. The van der Waals surface area contributed by atoms with Crippen molar-refractivity contribution in [1.82, 2.24) is 14.5 Å². The summed E-state index contributed by atoms with van der Waals surface area (Å²) >= 11 is 0. The quantitative estimate of drug-likeness (QED) is 0.577. The second kappa shape index (κ2) is 9.58. The first kappa shape index (κ1) is 24.8. The van der Waals surface area contributed by atoms with Gasteiger partial charge in [0.25, 0.3) is 0 Å². The van der Waals surface area contributed by atoms with Crippen molar-refractivity contribution in [2.75, 3.05) is 13.1 Å². The Morgan fingerprint density at radius 1 is 1.27 bits per heavy atom. The molecule has 1 amide bonds. The van der Waals surface area contributed by atoms with Gasteiger partial charge in [0, 0.05) is 36.9 Å². The van der Waals surface area contributed by atoms with Crippen LogP contribution in [0.3, 0.4) is 0 Å². The number of pyridine rings is 1. The number of alkyl halides is 3. The van der Waals surface area contributed by atoms with Crippen molar-refractivity contribution in [3.63, 3.8) is 0 Å². The molecule has 7 nitrogen and oxygen atoms in total. The van der Waals surface area contributed by atoms with Crippen LogP contribution in [0, 0.1) is 0 Å². The highest BCUT2D eigenvalue weighted by molar-refractivity contribution is 5.88. The van der Waals surface area contributed by atoms with Crippen LogP contribution in [0.4, 0.5) is 13.2 Å². The summed E-state index contributed by atoms with van der Waals surface area (Å²) in [5, 5.41) is 10.7. The fourth-order valence-corrected chi connectivity index (χ4v) is 3.89. The molecule has 0 saturated carbocycles. The van der Waals surface area contributed by atoms with Crippen LogP contribution in [0.5, 0.6) is 11.6 Å². The second-order valence-electron chi connectivity index (χ2n) is 7.89. The Bertz CT molecular complexity index is 1140. The van der Waals surface area contributed by atoms with Crippen molar-refractivity contribution in [3.8, 4) is 11.6 Å². The van der Waals surface area contributed by atoms with Gasteiger partial charge in [0.1, 0.15) is 12.3 Å². The Kier molecular flexibility index (Phi) is 7.20. The number of ether oxygens (including phenoxy) is 1. The lowest BCUT2D eigenvalue weighted by molar-refractivity contribution is -0.272. The Morgan fingerprint density at radius 3 is 2.79 bits per heavy atom. The van der Waals surface area contributed by atoms with Gasteiger partial charge in [0.2, 0.25) is 11.8 Å². The third kappa shape index (κ3) is 5.07. The molecule has 1 aliphatic rings. The number of β-amino-alcohol motifs (C(OH)–C–C–N with tert-alkyl or cyclic N) is 1. The zero-order valence-electron chi connectivity index (χ0n) is 17.6. The number of carbonyl (C=O) groups excluding carboxylic acids is 1. The van der Waals surface area contributed by atoms with Gasteiger partial charge in [-0.3, -0.25) is 4.79 Å². The number of aromatic nitrogens is 2. The van der Waals surface area contributed by atoms with E-state index in [9.17, 15) is 23.1 Å². The molecule has 3 aromatic rings. The third-order valence-electron chi connectivity index (χ3n) is 5.68. The predicted molar refractivity (Wildman–Crippen MR) is 118 cm³/mol. The molecule has 0 aliphatic carbocycles. The molecule has 1 saturated heterocycles. The van der Waals surface area contributed by atoms with Gasteiger partial charge < -0.3 is 25.0 Å². The van der Waals surface area contributed by atoms with Crippen molar-refractivity contribution in [3.05, 3.63) is 54.4 Å². The van der Waals surface area contributed by atoms with Gasteiger partial charge in [-0.25, -0.2) is 4.98 Å². The fraction of sp³-hybridized carbons (Fsp3) is 0.364. The van der Waals surface area contributed by atoms with Crippen LogP contribution < -0.4 is 10.5 Å². The van der Waals surface area contributed by atoms with E-state index in [0.29, 0.717) is 23.7 Å². The number of fused-ring (bicyclic) bond motifs is 1. The standard InChI is InChI=1S/C22H23F3N4O3.ClH/c23-22(24,25)21(31)7-2-9-29(14-21)20(30)13-28-10-6-16-17(28)3-1-4-18(16)32-19-11-15(12-26)5-8-27-19;/h1,3-6,8,10-11,31H,2,7,9,12-14,26H2;1H/t21-;/m1./s1. The summed E-state index contributed by atoms with van der Waals surface area (Å²) in [6.07, 6.45) is -1.83. The summed E-state index contributed by atoms with van der Waals surface area (Å²) in [5.41, 5.74) is 4.34. The van der Waals surface area contributed by atoms with E-state index in [-0.39, 0.29) is 31.9 Å². The van der Waals surface area contributed by atoms with Crippen LogP contribution in [0.25, 0.3) is 10.9 Å². The Labute approximate surface area is 194 Å². The second-order valence-corrected chi connectivity index (χ2v) is 7.89. The highest BCUT2D eigenvalue weighted by Gasteiger charge is 2.55. The first-order valence-electron chi connectivity index (χ1n) is 10.2. The van der Waals surface area contributed by atoms with E-state index >= 15 is 0 Å². The van der Waals surface area contributed by atoms with E-state index in [2.05, 4.69) is 4.98 Å². The molecular weight excluding hydrogens is 461 g/mol. The lowest BCUT2D eigenvalue weighted by Crippen LogP contribution is -2.58. The molecule has 2 aromatic heterocycles. The molecule has 3 heterocycles. The molecule has 1 atom stereocenters. The van der Waals surface area contributed by atoms with E-state index in [0.717, 1.165) is 15.8 Å². The number of amides is 1. The minimum atomic E-state index is -4.78. The molecule has 33 heavy (non-hydrogen) atoms. The van der Waals surface area contributed by atoms with Crippen molar-refractivity contribution >= 4 is 29.2 Å². The van der Waals surface area contributed by atoms with Gasteiger partial charge in [0.05, 0.1) is 12.1 Å². The number of aliphatic hydroxyl groups is 1. The van der Waals surface area contributed by atoms with Crippen LogP contribution in [-0.2, 0) is 17.9 Å². The van der Waals surface area contributed by atoms with Crippen molar-refractivity contribution in [2.24, 2.45) is 5.73 Å². The highest BCUT2D eigenvalue weighted by Crippen LogP contribution is 2.37. The van der Waals surface area contributed by atoms with E-state index in [1.54, 1.807) is 53.4 Å². The largest absolute Gasteiger partial charge is 0.438 e. The number of hydrogen-bond acceptors (Lipinski definition) is 5. The van der Waals surface area contributed by atoms with Gasteiger partial charge in [-0.15, -0.1) is 12.4 Å². The maximum Gasteiger partial charge on any atom is 0.418 e. The SMILES string of the molecule is Cl.NCc1ccnc(Oc2cccc3c2ccn3CC(=O)N2CCC[C@](O)(C(F)(F)F)C2)c1. The van der Waals surface area contributed by atoms with Gasteiger partial charge in [0.15, 0.2) is 5.60 Å². The summed E-state index contributed by atoms with van der Waals surface area (Å²) in [4.78, 5) is 18.0. The summed E-state index contributed by atoms with van der Waals surface area (Å²) < 4.78 is 47.1. The van der Waals surface area contributed by atoms with E-state index in [4.69, 9.17) is 10.5 Å². The van der Waals surface area contributed by atoms with Gasteiger partial charge in [-0.05, 0) is 42.7 Å². The van der Waals surface area contributed by atoms with Gasteiger partial charge in [-0.1, -0.05) is 6.07 Å². The van der Waals surface area contributed by atoms with Crippen LogP contribution >= 0.6 is 12.4 Å². The van der Waals surface area contributed by atoms with E-state index in [1.807, 2.05) is 0 Å². The van der Waals surface area contributed by atoms with Crippen molar-refractivity contribution in [2.45, 2.75) is 37.7 Å². The molecule has 4 rings (SSSR count). The number of benzene rings is 1. The van der Waals surface area contributed by atoms with Crippen LogP contribution in [0.15, 0.2) is 48.8 Å². The summed E-state index contributed by atoms with van der Waals surface area (Å²) in [6.45, 7) is -0.386. The number of hydrogen-bond donors (Lipinski definition) is 2. The summed E-state index contributed by atoms with van der Waals surface area (Å²) in [7, 11) is 0. The van der Waals surface area contributed by atoms with E-state index < -0.39 is 30.7 Å². The maximum atomic E-state index is 13.2. The number of carbonyl (C=O) groups is 1. The molecule has 1 fully saturated rings. The third-order valence-corrected chi connectivity index (χ3v) is 5.68. The van der Waals surface area contributed by atoms with Crippen LogP contribution in [0.1, 0.15) is 18.4 Å². The number of nitrogens with zero attached hydrogens (tertiary/aromatic N) is 3. The fourth-order valence-electron chi connectivity index (χ4n) is 3.89. The van der Waals surface area contributed by atoms with Crippen LogP contribution in [0.2, 0.25) is 0 Å². The number of halogens is 4. The van der Waals surface area contributed by atoms with E-state index in [1.165, 1.54) is 0 Å². The molecule has 1 aromatic carbocycles. The lowest BCUT2D eigenvalue weighted by Gasteiger charge is -2.40. The number of nitrogens with two attached hydrogens (primary N) is 1. The molecule has 0 unspecified atom stereocenters. The normalized spacial score (nSPS) is 18.8. The molecule has 3 N–H and O–H groups in total. The Hall–Kier alpha value is -2.82. The smallest absolute Gasteiger partial charge is 0.418 e. The zero-order chi connectivity index (χ0) is 22.9. The summed E-state index contributed by atoms with van der Waals surface area (Å²) in [5.74, 6) is 0.414. The first-order chi connectivity index (χ1) is 15.2. The maximum absolute atomic E-state index is 13.2. The summed E-state index contributed by atoms with van der Waals surface area (Å²) in [6, 6.07) is 10.6. The van der Waals surface area contributed by atoms with Crippen molar-refractivity contribution in [1.29, 1.82) is 0 Å². The van der Waals surface area contributed by atoms with Gasteiger partial charge in [-0.2, -0.15) is 13.2 Å². The lowest BCUT2D eigenvalue weighted by atomic mass is 9.92. The molecule has 0 bridgehead atoms. The molecular formula is C22H24ClF3N4O3. The predicted octanol–water partition coefficient (Wildman–Crippen LogP) is 3.62. The van der Waals surface area contributed by atoms with Gasteiger partial charge >= 0.3 is 6.18 Å². The molecule has 178 valence electrons. The first-order valence-corrected chi connectivity index (χ1v) is 10.2. The minimum absolute atomic E-state index is 0. The average Bonchev–Trinajstić information content (AvgIpc) is 3.17. The molecule has 0 radical (unpaired) electrons. The minimum Gasteiger partial charge on any atom is -0.438 e.